The van der Waals surface area contributed by atoms with E-state index in [1.54, 1.807) is 11.3 Å². The molecule has 0 aliphatic heterocycles. The first-order valence-electron chi connectivity index (χ1n) is 15.1. The van der Waals surface area contributed by atoms with Gasteiger partial charge in [0.05, 0.1) is 0 Å². The summed E-state index contributed by atoms with van der Waals surface area (Å²) in [6, 6.07) is 49.2. The Bertz CT molecular complexity index is 2470. The lowest BCUT2D eigenvalue weighted by atomic mass is 9.96. The SMILES string of the molecule is c1ccc(-c2nc(-c3ccccc3)nc(-c3ccccc3-c3cc4nc(-c5ccccc5)oc4c4c3sc3ccccc34)n2)cc1. The van der Waals surface area contributed by atoms with Crippen LogP contribution < -0.4 is 0 Å². The molecule has 0 bridgehead atoms. The number of thiophene rings is 1. The van der Waals surface area contributed by atoms with Gasteiger partial charge in [-0.1, -0.05) is 121 Å². The largest absolute Gasteiger partial charge is 0.435 e. The zero-order valence-corrected chi connectivity index (χ0v) is 25.3. The molecule has 46 heavy (non-hydrogen) atoms. The van der Waals surface area contributed by atoms with E-state index in [1.165, 1.54) is 4.70 Å². The topological polar surface area (TPSA) is 64.7 Å². The number of aromatic nitrogens is 4. The highest BCUT2D eigenvalue weighted by Crippen LogP contribution is 2.46. The van der Waals surface area contributed by atoms with Crippen LogP contribution >= 0.6 is 11.3 Å². The quantitative estimate of drug-likeness (QED) is 0.194. The molecule has 0 fully saturated rings. The van der Waals surface area contributed by atoms with E-state index in [-0.39, 0.29) is 0 Å². The molecule has 0 saturated carbocycles. The van der Waals surface area contributed by atoms with Crippen molar-refractivity contribution in [3.05, 3.63) is 146 Å². The maximum atomic E-state index is 6.53. The average molecular weight is 609 g/mol. The van der Waals surface area contributed by atoms with Crippen LogP contribution in [0, 0.1) is 0 Å². The van der Waals surface area contributed by atoms with Crippen LogP contribution in [0.15, 0.2) is 150 Å². The second-order valence-corrected chi connectivity index (χ2v) is 12.1. The van der Waals surface area contributed by atoms with E-state index in [0.717, 1.165) is 60.0 Å². The summed E-state index contributed by atoms with van der Waals surface area (Å²) in [5.74, 6) is 2.48. The molecule has 5 nitrogen and oxygen atoms in total. The van der Waals surface area contributed by atoms with E-state index in [4.69, 9.17) is 24.4 Å². The second kappa shape index (κ2) is 10.9. The summed E-state index contributed by atoms with van der Waals surface area (Å²) in [6.07, 6.45) is 0. The van der Waals surface area contributed by atoms with Crippen LogP contribution in [0.4, 0.5) is 0 Å². The molecule has 0 amide bonds. The summed E-state index contributed by atoms with van der Waals surface area (Å²) in [6.45, 7) is 0. The van der Waals surface area contributed by atoms with Crippen molar-refractivity contribution in [2.24, 2.45) is 0 Å². The highest BCUT2D eigenvalue weighted by atomic mass is 32.1. The number of oxazole rings is 1. The van der Waals surface area contributed by atoms with Gasteiger partial charge in [-0.3, -0.25) is 0 Å². The number of rotatable bonds is 5. The molecule has 6 heteroatoms. The predicted octanol–water partition coefficient (Wildman–Crippen LogP) is 10.7. The Morgan fingerprint density at radius 2 is 1.00 bits per heavy atom. The molecule has 0 N–H and O–H groups in total. The molecule has 0 unspecified atom stereocenters. The molecule has 0 aliphatic carbocycles. The van der Waals surface area contributed by atoms with E-state index in [1.807, 2.05) is 97.1 Å². The summed E-state index contributed by atoms with van der Waals surface area (Å²) in [5, 5.41) is 2.23. The van der Waals surface area contributed by atoms with Gasteiger partial charge in [0.1, 0.15) is 5.52 Å². The van der Waals surface area contributed by atoms with Crippen LogP contribution in [0.2, 0.25) is 0 Å². The standard InChI is InChI=1S/C40H24N4OS/c1-4-14-25(15-5-1)37-42-38(26-16-6-2-7-17-26)44-39(43-37)29-21-11-10-20-28(29)31-24-32-35(45-40(41-32)27-18-8-3-9-19-27)34-30-22-12-13-23-33(30)46-36(31)34/h1-24H. The zero-order chi connectivity index (χ0) is 30.5. The summed E-state index contributed by atoms with van der Waals surface area (Å²) >= 11 is 1.77. The lowest BCUT2D eigenvalue weighted by Crippen LogP contribution is -2.01. The van der Waals surface area contributed by atoms with Crippen molar-refractivity contribution in [3.63, 3.8) is 0 Å². The van der Waals surface area contributed by atoms with E-state index >= 15 is 0 Å². The van der Waals surface area contributed by atoms with E-state index in [0.29, 0.717) is 23.4 Å². The molecule has 0 radical (unpaired) electrons. The number of hydrogen-bond acceptors (Lipinski definition) is 6. The number of nitrogens with zero attached hydrogens (tertiary/aromatic N) is 4. The van der Waals surface area contributed by atoms with Crippen LogP contribution in [0.5, 0.6) is 0 Å². The fourth-order valence-corrected chi connectivity index (χ4v) is 7.25. The van der Waals surface area contributed by atoms with Gasteiger partial charge >= 0.3 is 0 Å². The lowest BCUT2D eigenvalue weighted by molar-refractivity contribution is 0.623. The van der Waals surface area contributed by atoms with Gasteiger partial charge in [0.15, 0.2) is 23.1 Å². The number of fused-ring (bicyclic) bond motifs is 5. The third-order valence-electron chi connectivity index (χ3n) is 8.18. The zero-order valence-electron chi connectivity index (χ0n) is 24.5. The van der Waals surface area contributed by atoms with Gasteiger partial charge in [-0.2, -0.15) is 0 Å². The van der Waals surface area contributed by atoms with Gasteiger partial charge in [0, 0.05) is 48.0 Å². The first kappa shape index (κ1) is 26.4. The highest BCUT2D eigenvalue weighted by Gasteiger charge is 2.22. The van der Waals surface area contributed by atoms with Crippen molar-refractivity contribution in [3.8, 4) is 56.7 Å². The highest BCUT2D eigenvalue weighted by molar-refractivity contribution is 7.26. The minimum absolute atomic E-state index is 0.607. The van der Waals surface area contributed by atoms with Crippen molar-refractivity contribution in [1.82, 2.24) is 19.9 Å². The fourth-order valence-electron chi connectivity index (χ4n) is 6.02. The molecule has 3 heterocycles. The van der Waals surface area contributed by atoms with Gasteiger partial charge in [0.25, 0.3) is 0 Å². The molecule has 216 valence electrons. The van der Waals surface area contributed by atoms with Crippen LogP contribution in [0.3, 0.4) is 0 Å². The fraction of sp³-hybridized carbons (Fsp3) is 0. The Morgan fingerprint density at radius 1 is 0.457 bits per heavy atom. The second-order valence-electron chi connectivity index (χ2n) is 11.0. The smallest absolute Gasteiger partial charge is 0.227 e. The molecule has 9 aromatic rings. The first-order chi connectivity index (χ1) is 22.8. The molecular formula is C40H24N4OS. The maximum Gasteiger partial charge on any atom is 0.227 e. The average Bonchev–Trinajstić information content (AvgIpc) is 3.74. The van der Waals surface area contributed by atoms with Crippen molar-refractivity contribution in [1.29, 1.82) is 0 Å². The van der Waals surface area contributed by atoms with E-state index in [2.05, 4.69) is 48.5 Å². The molecule has 6 aromatic carbocycles. The third-order valence-corrected chi connectivity index (χ3v) is 9.38. The van der Waals surface area contributed by atoms with Gasteiger partial charge in [-0.05, 0) is 29.8 Å². The van der Waals surface area contributed by atoms with Crippen molar-refractivity contribution in [2.45, 2.75) is 0 Å². The van der Waals surface area contributed by atoms with E-state index in [9.17, 15) is 0 Å². The Labute approximate surface area is 268 Å². The Kier molecular flexibility index (Phi) is 6.25. The number of hydrogen-bond donors (Lipinski definition) is 0. The predicted molar refractivity (Wildman–Crippen MR) is 187 cm³/mol. The van der Waals surface area contributed by atoms with Gasteiger partial charge in [0.2, 0.25) is 5.89 Å². The Balaban J connectivity index is 1.32. The van der Waals surface area contributed by atoms with Crippen molar-refractivity contribution < 1.29 is 4.42 Å². The molecule has 0 saturated heterocycles. The Hall–Kier alpha value is -5.98. The summed E-state index contributed by atoms with van der Waals surface area (Å²) in [5.41, 5.74) is 7.43. The first-order valence-corrected chi connectivity index (χ1v) is 15.9. The summed E-state index contributed by atoms with van der Waals surface area (Å²) in [7, 11) is 0. The minimum atomic E-state index is 0.607. The van der Waals surface area contributed by atoms with Crippen LogP contribution in [-0.2, 0) is 0 Å². The maximum absolute atomic E-state index is 6.53. The van der Waals surface area contributed by atoms with E-state index < -0.39 is 0 Å². The normalized spacial score (nSPS) is 11.5. The monoisotopic (exact) mass is 608 g/mol. The van der Waals surface area contributed by atoms with Crippen molar-refractivity contribution in [2.75, 3.05) is 0 Å². The van der Waals surface area contributed by atoms with Crippen LogP contribution in [0.1, 0.15) is 0 Å². The summed E-state index contributed by atoms with van der Waals surface area (Å²) in [4.78, 5) is 20.0. The van der Waals surface area contributed by atoms with Crippen LogP contribution in [0.25, 0.3) is 88.0 Å². The third kappa shape index (κ3) is 4.47. The number of benzene rings is 6. The minimum Gasteiger partial charge on any atom is -0.435 e. The van der Waals surface area contributed by atoms with Crippen LogP contribution in [-0.4, -0.2) is 19.9 Å². The summed E-state index contributed by atoms with van der Waals surface area (Å²) < 4.78 is 8.86. The Morgan fingerprint density at radius 3 is 1.67 bits per heavy atom. The van der Waals surface area contributed by atoms with Gasteiger partial charge in [-0.15, -0.1) is 11.3 Å². The molecule has 9 rings (SSSR count). The molecule has 0 aliphatic rings. The van der Waals surface area contributed by atoms with Gasteiger partial charge < -0.3 is 4.42 Å². The molecular weight excluding hydrogens is 585 g/mol. The van der Waals surface area contributed by atoms with Crippen molar-refractivity contribution >= 4 is 42.6 Å². The van der Waals surface area contributed by atoms with Gasteiger partial charge in [-0.25, -0.2) is 19.9 Å². The molecule has 0 atom stereocenters. The molecule has 0 spiro atoms. The molecule has 3 aromatic heterocycles. The lowest BCUT2D eigenvalue weighted by Gasteiger charge is -2.12.